The van der Waals surface area contributed by atoms with E-state index in [4.69, 9.17) is 16.7 Å². The van der Waals surface area contributed by atoms with Crippen molar-refractivity contribution in [2.75, 3.05) is 5.32 Å². The van der Waals surface area contributed by atoms with Crippen LogP contribution in [0.4, 0.5) is 11.5 Å². The third kappa shape index (κ3) is 4.23. The first kappa shape index (κ1) is 18.2. The van der Waals surface area contributed by atoms with Crippen molar-refractivity contribution in [2.45, 2.75) is 44.9 Å². The van der Waals surface area contributed by atoms with Gasteiger partial charge in [-0.05, 0) is 31.4 Å². The molecule has 0 saturated carbocycles. The van der Waals surface area contributed by atoms with E-state index in [-0.39, 0.29) is 11.8 Å². The van der Waals surface area contributed by atoms with Crippen molar-refractivity contribution in [3.05, 3.63) is 47.4 Å². The third-order valence-corrected chi connectivity index (χ3v) is 4.82. The molecule has 0 bridgehead atoms. The average molecular weight is 348 g/mol. The minimum Gasteiger partial charge on any atom is -0.481 e. The number of carbonyl (C=O) groups is 1. The van der Waals surface area contributed by atoms with Gasteiger partial charge in [-0.1, -0.05) is 37.6 Å². The number of nitrogens with one attached hydrogen (secondary N) is 1. The molecule has 0 saturated heterocycles. The van der Waals surface area contributed by atoms with E-state index in [0.29, 0.717) is 17.3 Å². The summed E-state index contributed by atoms with van der Waals surface area (Å²) in [7, 11) is 0. The van der Waals surface area contributed by atoms with E-state index in [9.17, 15) is 4.79 Å². The second kappa shape index (κ2) is 8.11. The van der Waals surface area contributed by atoms with Crippen LogP contribution in [0.15, 0.2) is 36.7 Å². The number of benzene rings is 1. The number of carboxylic acids is 1. The molecule has 5 nitrogen and oxygen atoms in total. The molecule has 0 aliphatic rings. The summed E-state index contributed by atoms with van der Waals surface area (Å²) in [4.78, 5) is 20.0. The summed E-state index contributed by atoms with van der Waals surface area (Å²) < 4.78 is 0. The largest absolute Gasteiger partial charge is 0.481 e. The minimum atomic E-state index is -0.792. The van der Waals surface area contributed by atoms with Gasteiger partial charge in [0.25, 0.3) is 0 Å². The Bertz CT molecular complexity index is 702. The zero-order chi connectivity index (χ0) is 17.6. The summed E-state index contributed by atoms with van der Waals surface area (Å²) in [5.41, 5.74) is 1.28. The van der Waals surface area contributed by atoms with Crippen molar-refractivity contribution in [3.63, 3.8) is 0 Å². The fourth-order valence-electron chi connectivity index (χ4n) is 2.82. The van der Waals surface area contributed by atoms with Gasteiger partial charge < -0.3 is 10.4 Å². The number of hydrogen-bond donors (Lipinski definition) is 2. The summed E-state index contributed by atoms with van der Waals surface area (Å²) in [5, 5.41) is 12.8. The smallest absolute Gasteiger partial charge is 0.303 e. The number of hydrogen-bond acceptors (Lipinski definition) is 4. The molecule has 0 unspecified atom stereocenters. The molecule has 0 aliphatic heterocycles. The minimum absolute atomic E-state index is 0.117. The van der Waals surface area contributed by atoms with E-state index < -0.39 is 5.97 Å². The predicted octanol–water partition coefficient (Wildman–Crippen LogP) is 4.80. The fraction of sp³-hybridized carbons (Fsp3) is 0.389. The van der Waals surface area contributed by atoms with Gasteiger partial charge in [0.2, 0.25) is 0 Å². The highest BCUT2D eigenvalue weighted by Crippen LogP contribution is 2.35. The van der Waals surface area contributed by atoms with Crippen LogP contribution in [-0.2, 0) is 10.2 Å². The van der Waals surface area contributed by atoms with Gasteiger partial charge in [-0.2, -0.15) is 0 Å². The van der Waals surface area contributed by atoms with Gasteiger partial charge in [-0.15, -0.1) is 0 Å². The lowest BCUT2D eigenvalue weighted by Crippen LogP contribution is -2.27. The second-order valence-corrected chi connectivity index (χ2v) is 6.18. The Morgan fingerprint density at radius 3 is 2.58 bits per heavy atom. The predicted molar refractivity (Wildman–Crippen MR) is 95.9 cm³/mol. The normalized spacial score (nSPS) is 11.3. The highest BCUT2D eigenvalue weighted by atomic mass is 35.5. The maximum atomic E-state index is 11.0. The summed E-state index contributed by atoms with van der Waals surface area (Å²) in [6, 6.07) is 7.42. The lowest BCUT2D eigenvalue weighted by Gasteiger charge is -2.30. The molecule has 2 aromatic rings. The van der Waals surface area contributed by atoms with Crippen LogP contribution >= 0.6 is 11.6 Å². The van der Waals surface area contributed by atoms with Gasteiger partial charge in [0.1, 0.15) is 5.82 Å². The second-order valence-electron chi connectivity index (χ2n) is 5.78. The number of aliphatic carboxylic acids is 1. The molecule has 0 spiro atoms. The van der Waals surface area contributed by atoms with E-state index in [1.165, 1.54) is 0 Å². The van der Waals surface area contributed by atoms with Gasteiger partial charge in [-0.25, -0.2) is 4.98 Å². The Morgan fingerprint density at radius 2 is 1.96 bits per heavy atom. The van der Waals surface area contributed by atoms with Gasteiger partial charge in [0.15, 0.2) is 0 Å². The Balaban J connectivity index is 2.30. The summed E-state index contributed by atoms with van der Waals surface area (Å²) in [6.07, 6.45) is 5.64. The molecule has 1 aromatic heterocycles. The SMILES string of the molecule is CCC(CC)(CCC(=O)O)c1cncc(Nc2ccccc2Cl)n1. The number of rotatable bonds is 8. The molecule has 2 rings (SSSR count). The Kier molecular flexibility index (Phi) is 6.15. The van der Waals surface area contributed by atoms with Crippen LogP contribution in [0.1, 0.15) is 45.2 Å². The van der Waals surface area contributed by atoms with Crippen molar-refractivity contribution in [1.29, 1.82) is 0 Å². The van der Waals surface area contributed by atoms with Gasteiger partial charge in [0, 0.05) is 18.0 Å². The Hall–Kier alpha value is -2.14. The molecular formula is C18H22ClN3O2. The number of nitrogens with zero attached hydrogens (tertiary/aromatic N) is 2. The Morgan fingerprint density at radius 1 is 1.25 bits per heavy atom. The quantitative estimate of drug-likeness (QED) is 0.717. The van der Waals surface area contributed by atoms with Crippen molar-refractivity contribution < 1.29 is 9.90 Å². The number of halogens is 1. The van der Waals surface area contributed by atoms with Crippen LogP contribution < -0.4 is 5.32 Å². The highest BCUT2D eigenvalue weighted by Gasteiger charge is 2.31. The molecule has 0 aliphatic carbocycles. The topological polar surface area (TPSA) is 75.1 Å². The van der Waals surface area contributed by atoms with Gasteiger partial charge >= 0.3 is 5.97 Å². The number of carboxylic acid groups (broad SMARTS) is 1. The first-order chi connectivity index (χ1) is 11.5. The third-order valence-electron chi connectivity index (χ3n) is 4.49. The van der Waals surface area contributed by atoms with E-state index in [2.05, 4.69) is 29.1 Å². The molecule has 0 atom stereocenters. The van der Waals surface area contributed by atoms with Crippen LogP contribution in [0.2, 0.25) is 5.02 Å². The molecule has 2 N–H and O–H groups in total. The van der Waals surface area contributed by atoms with Gasteiger partial charge in [0.05, 0.1) is 22.6 Å². The van der Waals surface area contributed by atoms with Crippen molar-refractivity contribution in [3.8, 4) is 0 Å². The summed E-state index contributed by atoms with van der Waals surface area (Å²) in [6.45, 7) is 4.11. The number of para-hydroxylation sites is 1. The number of anilines is 2. The van der Waals surface area contributed by atoms with E-state index in [0.717, 1.165) is 24.2 Å². The van der Waals surface area contributed by atoms with Crippen molar-refractivity contribution in [1.82, 2.24) is 9.97 Å². The summed E-state index contributed by atoms with van der Waals surface area (Å²) in [5.74, 6) is -0.193. The maximum absolute atomic E-state index is 11.0. The van der Waals surface area contributed by atoms with E-state index >= 15 is 0 Å². The molecule has 6 heteroatoms. The average Bonchev–Trinajstić information content (AvgIpc) is 2.59. The molecule has 24 heavy (non-hydrogen) atoms. The van der Waals surface area contributed by atoms with Crippen LogP contribution in [0.25, 0.3) is 0 Å². The molecule has 128 valence electrons. The highest BCUT2D eigenvalue weighted by molar-refractivity contribution is 6.33. The number of aromatic nitrogens is 2. The Labute approximate surface area is 147 Å². The monoisotopic (exact) mass is 347 g/mol. The first-order valence-corrected chi connectivity index (χ1v) is 8.44. The lowest BCUT2D eigenvalue weighted by molar-refractivity contribution is -0.137. The zero-order valence-corrected chi connectivity index (χ0v) is 14.7. The van der Waals surface area contributed by atoms with Gasteiger partial charge in [-0.3, -0.25) is 9.78 Å². The molecule has 0 fully saturated rings. The lowest BCUT2D eigenvalue weighted by atomic mass is 9.75. The molecule has 0 radical (unpaired) electrons. The molecule has 0 amide bonds. The maximum Gasteiger partial charge on any atom is 0.303 e. The molecular weight excluding hydrogens is 326 g/mol. The standard InChI is InChI=1S/C18H22ClN3O2/c1-3-18(4-2,10-9-17(23)24)15-11-20-12-16(22-15)21-14-8-6-5-7-13(14)19/h5-8,11-12H,3-4,9-10H2,1-2H3,(H,21,22)(H,23,24). The first-order valence-electron chi connectivity index (χ1n) is 8.06. The molecule has 1 aromatic carbocycles. The van der Waals surface area contributed by atoms with Crippen LogP contribution in [0, 0.1) is 0 Å². The molecule has 1 heterocycles. The van der Waals surface area contributed by atoms with Crippen LogP contribution in [0.3, 0.4) is 0 Å². The zero-order valence-electron chi connectivity index (χ0n) is 13.9. The van der Waals surface area contributed by atoms with E-state index in [1.54, 1.807) is 18.5 Å². The van der Waals surface area contributed by atoms with Crippen LogP contribution in [-0.4, -0.2) is 21.0 Å². The summed E-state index contributed by atoms with van der Waals surface area (Å²) >= 11 is 6.17. The fourth-order valence-corrected chi connectivity index (χ4v) is 3.01. The van der Waals surface area contributed by atoms with E-state index in [1.807, 2.05) is 18.2 Å². The van der Waals surface area contributed by atoms with Crippen molar-refractivity contribution in [2.24, 2.45) is 0 Å². The van der Waals surface area contributed by atoms with Crippen molar-refractivity contribution >= 4 is 29.1 Å². The van der Waals surface area contributed by atoms with Crippen LogP contribution in [0.5, 0.6) is 0 Å².